The van der Waals surface area contributed by atoms with Crippen molar-refractivity contribution in [3.05, 3.63) is 69.1 Å². The van der Waals surface area contributed by atoms with Gasteiger partial charge in [-0.05, 0) is 24.3 Å². The molecule has 0 saturated heterocycles. The van der Waals surface area contributed by atoms with Gasteiger partial charge >= 0.3 is 5.69 Å². The number of nitrogens with one attached hydrogen (secondary N) is 1. The molecule has 1 heterocycles. The fourth-order valence-electron chi connectivity index (χ4n) is 2.08. The van der Waals surface area contributed by atoms with Gasteiger partial charge in [-0.25, -0.2) is 13.8 Å². The van der Waals surface area contributed by atoms with Crippen LogP contribution < -0.4 is 11.2 Å². The predicted octanol–water partition coefficient (Wildman–Crippen LogP) is 1.52. The highest BCUT2D eigenvalue weighted by atomic mass is 19.1. The molecule has 20 heavy (non-hydrogen) atoms. The summed E-state index contributed by atoms with van der Waals surface area (Å²) in [5.41, 5.74) is -1.60. The highest BCUT2D eigenvalue weighted by Crippen LogP contribution is 2.18. The Morgan fingerprint density at radius 3 is 2.55 bits per heavy atom. The molecule has 6 heteroatoms. The van der Waals surface area contributed by atoms with Crippen LogP contribution in [0.15, 0.2) is 52.1 Å². The van der Waals surface area contributed by atoms with Crippen molar-refractivity contribution in [3.8, 4) is 11.4 Å². The number of fused-ring (bicyclic) bond motifs is 1. The minimum absolute atomic E-state index is 0.0371. The molecule has 1 aromatic heterocycles. The molecule has 0 bridgehead atoms. The van der Waals surface area contributed by atoms with Gasteiger partial charge in [-0.2, -0.15) is 0 Å². The number of nitrogens with zero attached hydrogens (tertiary/aromatic N) is 1. The molecule has 0 unspecified atom stereocenters. The van der Waals surface area contributed by atoms with Crippen molar-refractivity contribution in [2.24, 2.45) is 0 Å². The smallest absolute Gasteiger partial charge is 0.333 e. The van der Waals surface area contributed by atoms with Crippen LogP contribution in [0.4, 0.5) is 4.39 Å². The third-order valence-corrected chi connectivity index (χ3v) is 3.00. The molecule has 2 aromatic carbocycles. The Labute approximate surface area is 111 Å². The zero-order valence-corrected chi connectivity index (χ0v) is 10.1. The number of para-hydroxylation sites is 2. The Kier molecular flexibility index (Phi) is 2.64. The Hall–Kier alpha value is -2.89. The van der Waals surface area contributed by atoms with Crippen molar-refractivity contribution in [1.82, 2.24) is 9.55 Å². The van der Waals surface area contributed by atoms with E-state index < -0.39 is 17.1 Å². The summed E-state index contributed by atoms with van der Waals surface area (Å²) in [4.78, 5) is 26.7. The fraction of sp³-hybridized carbons (Fsp3) is 0. The maximum atomic E-state index is 13.8. The first-order valence-electron chi connectivity index (χ1n) is 5.81. The van der Waals surface area contributed by atoms with Crippen LogP contribution in [0.25, 0.3) is 16.6 Å². The minimum atomic E-state index is -0.811. The molecular formula is C14H9FN2O3. The van der Waals surface area contributed by atoms with E-state index in [1.807, 2.05) is 0 Å². The van der Waals surface area contributed by atoms with Crippen molar-refractivity contribution < 1.29 is 9.50 Å². The summed E-state index contributed by atoms with van der Waals surface area (Å²) in [6.07, 6.45) is 0. The lowest BCUT2D eigenvalue weighted by Gasteiger charge is -2.07. The lowest BCUT2D eigenvalue weighted by Crippen LogP contribution is -2.34. The van der Waals surface area contributed by atoms with E-state index >= 15 is 0 Å². The maximum absolute atomic E-state index is 13.8. The Bertz CT molecular complexity index is 928. The second kappa shape index (κ2) is 4.34. The molecule has 0 aliphatic carbocycles. The molecule has 0 fully saturated rings. The maximum Gasteiger partial charge on any atom is 0.333 e. The monoisotopic (exact) mass is 272 g/mol. The van der Waals surface area contributed by atoms with Gasteiger partial charge < -0.3 is 10.1 Å². The van der Waals surface area contributed by atoms with Gasteiger partial charge in [0, 0.05) is 0 Å². The van der Waals surface area contributed by atoms with Crippen LogP contribution in [-0.2, 0) is 0 Å². The normalized spacial score (nSPS) is 10.8. The Morgan fingerprint density at radius 2 is 1.80 bits per heavy atom. The molecule has 100 valence electrons. The summed E-state index contributed by atoms with van der Waals surface area (Å²) in [7, 11) is 0. The third-order valence-electron chi connectivity index (χ3n) is 3.00. The Morgan fingerprint density at radius 1 is 1.05 bits per heavy atom. The van der Waals surface area contributed by atoms with Crippen molar-refractivity contribution in [2.75, 3.05) is 0 Å². The minimum Gasteiger partial charge on any atom is -0.506 e. The van der Waals surface area contributed by atoms with Crippen molar-refractivity contribution in [3.63, 3.8) is 0 Å². The second-order valence-electron chi connectivity index (χ2n) is 4.22. The number of aromatic nitrogens is 2. The van der Waals surface area contributed by atoms with E-state index in [9.17, 15) is 19.1 Å². The number of hydrogen-bond acceptors (Lipinski definition) is 3. The van der Waals surface area contributed by atoms with Crippen LogP contribution in [-0.4, -0.2) is 14.7 Å². The van der Waals surface area contributed by atoms with Crippen LogP contribution in [0.5, 0.6) is 5.75 Å². The van der Waals surface area contributed by atoms with E-state index in [0.717, 1.165) is 6.07 Å². The number of halogens is 1. The first-order chi connectivity index (χ1) is 9.59. The van der Waals surface area contributed by atoms with Gasteiger partial charge in [0.1, 0.15) is 11.6 Å². The number of phenols is 1. The summed E-state index contributed by atoms with van der Waals surface area (Å²) >= 11 is 0. The Balaban J connectivity index is 2.48. The first kappa shape index (κ1) is 12.2. The second-order valence-corrected chi connectivity index (χ2v) is 4.22. The molecule has 3 aromatic rings. The summed E-state index contributed by atoms with van der Waals surface area (Å²) in [5.74, 6) is -0.892. The molecule has 0 amide bonds. The molecule has 0 atom stereocenters. The molecule has 0 aliphatic heterocycles. The summed E-state index contributed by atoms with van der Waals surface area (Å²) in [5, 5.41) is 9.75. The number of phenolic OH excluding ortho intramolecular Hbond substituents is 1. The topological polar surface area (TPSA) is 75.1 Å². The lowest BCUT2D eigenvalue weighted by atomic mass is 10.2. The van der Waals surface area contributed by atoms with E-state index in [4.69, 9.17) is 0 Å². The molecule has 0 spiro atoms. The highest BCUT2D eigenvalue weighted by Gasteiger charge is 2.13. The summed E-state index contributed by atoms with van der Waals surface area (Å²) < 4.78 is 14.5. The number of rotatable bonds is 1. The first-order valence-corrected chi connectivity index (χ1v) is 5.81. The van der Waals surface area contributed by atoms with E-state index in [-0.39, 0.29) is 22.3 Å². The SMILES string of the molecule is O=c1[nH]c2c(O)cccc2c(=O)n1-c1ccccc1F. The van der Waals surface area contributed by atoms with E-state index in [0.29, 0.717) is 4.57 Å². The third kappa shape index (κ3) is 1.70. The molecule has 5 nitrogen and oxygen atoms in total. The van der Waals surface area contributed by atoms with Crippen molar-refractivity contribution >= 4 is 10.9 Å². The van der Waals surface area contributed by atoms with Crippen molar-refractivity contribution in [2.45, 2.75) is 0 Å². The summed E-state index contributed by atoms with van der Waals surface area (Å²) in [6, 6.07) is 9.76. The molecular weight excluding hydrogens is 263 g/mol. The lowest BCUT2D eigenvalue weighted by molar-refractivity contribution is 0.480. The van der Waals surface area contributed by atoms with Crippen molar-refractivity contribution in [1.29, 1.82) is 0 Å². The number of H-pyrrole nitrogens is 1. The molecule has 0 radical (unpaired) electrons. The quantitative estimate of drug-likeness (QED) is 0.705. The van der Waals surface area contributed by atoms with E-state index in [2.05, 4.69) is 4.98 Å². The number of aromatic amines is 1. The van der Waals surface area contributed by atoms with Crippen LogP contribution in [0.2, 0.25) is 0 Å². The zero-order valence-electron chi connectivity index (χ0n) is 10.1. The standard InChI is InChI=1S/C14H9FN2O3/c15-9-5-1-2-6-10(9)17-13(19)8-4-3-7-11(18)12(8)16-14(17)20/h1-7,18H,(H,16,20). The van der Waals surface area contributed by atoms with Crippen LogP contribution in [0.1, 0.15) is 0 Å². The van der Waals surface area contributed by atoms with Gasteiger partial charge in [-0.15, -0.1) is 0 Å². The van der Waals surface area contributed by atoms with Gasteiger partial charge in [0.15, 0.2) is 0 Å². The van der Waals surface area contributed by atoms with Crippen LogP contribution in [0, 0.1) is 5.82 Å². The average Bonchev–Trinajstić information content (AvgIpc) is 2.42. The molecule has 3 rings (SSSR count). The molecule has 0 aliphatic rings. The highest BCUT2D eigenvalue weighted by molar-refractivity contribution is 5.83. The number of benzene rings is 2. The van der Waals surface area contributed by atoms with Gasteiger partial charge in [0.05, 0.1) is 16.6 Å². The average molecular weight is 272 g/mol. The van der Waals surface area contributed by atoms with Gasteiger partial charge in [-0.1, -0.05) is 18.2 Å². The fourth-order valence-corrected chi connectivity index (χ4v) is 2.08. The predicted molar refractivity (Wildman–Crippen MR) is 71.8 cm³/mol. The van der Waals surface area contributed by atoms with Crippen LogP contribution in [0.3, 0.4) is 0 Å². The van der Waals surface area contributed by atoms with E-state index in [1.54, 1.807) is 0 Å². The van der Waals surface area contributed by atoms with Gasteiger partial charge in [-0.3, -0.25) is 4.79 Å². The van der Waals surface area contributed by atoms with Crippen LogP contribution >= 0.6 is 0 Å². The summed E-state index contributed by atoms with van der Waals surface area (Å²) in [6.45, 7) is 0. The number of aromatic hydroxyl groups is 1. The van der Waals surface area contributed by atoms with Gasteiger partial charge in [0.2, 0.25) is 0 Å². The van der Waals surface area contributed by atoms with E-state index in [1.165, 1.54) is 36.4 Å². The number of hydrogen-bond donors (Lipinski definition) is 2. The zero-order chi connectivity index (χ0) is 14.3. The largest absolute Gasteiger partial charge is 0.506 e. The molecule has 2 N–H and O–H groups in total. The molecule has 0 saturated carbocycles. The van der Waals surface area contributed by atoms with Gasteiger partial charge in [0.25, 0.3) is 5.56 Å².